The Hall–Kier alpha value is -1.60. The maximum atomic E-state index is 14.8. The number of hydrogen-bond donors (Lipinski definition) is 2. The fourth-order valence-electron chi connectivity index (χ4n) is 2.31. The van der Waals surface area contributed by atoms with Gasteiger partial charge in [-0.3, -0.25) is 11.7 Å². The van der Waals surface area contributed by atoms with Crippen molar-refractivity contribution in [1.29, 1.82) is 0 Å². The standard InChI is InChI=1S/C15H20F2N4O4S/c1-9-8-10-11(16)13(24-6-2-4-20(18)22)14(12(17)15(10)26-9)25-7-3-5-21(19)23/h8H,2-7,18-19H2,1H3/q-2. The molecule has 0 atom stereocenters. The summed E-state index contributed by atoms with van der Waals surface area (Å²) in [5.41, 5.74) is 0. The SMILES string of the molecule is Cc1cc2c(F)c(OCCCN(N)[O-])c(OCCCN(N)[O-])c(F)c2s1. The number of hydrogen-bond acceptors (Lipinski definition) is 9. The smallest absolute Gasteiger partial charge is 0.201 e. The van der Waals surface area contributed by atoms with Crippen LogP contribution >= 0.6 is 11.3 Å². The average Bonchev–Trinajstić information content (AvgIpc) is 2.96. The maximum absolute atomic E-state index is 14.8. The summed E-state index contributed by atoms with van der Waals surface area (Å²) in [4.78, 5) is 0.733. The van der Waals surface area contributed by atoms with Gasteiger partial charge in [-0.05, 0) is 25.8 Å². The Kier molecular flexibility index (Phi) is 7.46. The number of nitrogens with two attached hydrogens (primary N) is 2. The molecule has 4 N–H and O–H groups in total. The van der Waals surface area contributed by atoms with Gasteiger partial charge in [0, 0.05) is 23.4 Å². The van der Waals surface area contributed by atoms with Crippen LogP contribution in [0.5, 0.6) is 11.5 Å². The van der Waals surface area contributed by atoms with Crippen LogP contribution in [0.3, 0.4) is 0 Å². The van der Waals surface area contributed by atoms with Crippen molar-refractivity contribution in [2.24, 2.45) is 11.7 Å². The van der Waals surface area contributed by atoms with Gasteiger partial charge < -0.3 is 30.2 Å². The molecule has 2 rings (SSSR count). The molecule has 0 unspecified atom stereocenters. The van der Waals surface area contributed by atoms with Crippen LogP contribution in [-0.2, 0) is 0 Å². The average molecular weight is 390 g/mol. The second-order valence-corrected chi connectivity index (χ2v) is 6.83. The predicted molar refractivity (Wildman–Crippen MR) is 95.2 cm³/mol. The van der Waals surface area contributed by atoms with Gasteiger partial charge in [-0.15, -0.1) is 11.3 Å². The molecule has 1 aromatic carbocycles. The fraction of sp³-hybridized carbons (Fsp3) is 0.467. The lowest BCUT2D eigenvalue weighted by molar-refractivity contribution is 0.229. The first kappa shape index (κ1) is 20.7. The second kappa shape index (κ2) is 9.37. The minimum atomic E-state index is -0.739. The predicted octanol–water partition coefficient (Wildman–Crippen LogP) is 2.37. The lowest BCUT2D eigenvalue weighted by Crippen LogP contribution is -2.26. The molecule has 0 bridgehead atoms. The molecule has 146 valence electrons. The van der Waals surface area contributed by atoms with Crippen molar-refractivity contribution in [3.8, 4) is 11.5 Å². The molecule has 0 aliphatic carbocycles. The van der Waals surface area contributed by atoms with Crippen molar-refractivity contribution in [3.63, 3.8) is 0 Å². The summed E-state index contributed by atoms with van der Waals surface area (Å²) in [6.45, 7) is 1.61. The van der Waals surface area contributed by atoms with Crippen molar-refractivity contribution in [3.05, 3.63) is 33.0 Å². The van der Waals surface area contributed by atoms with Crippen molar-refractivity contribution in [2.45, 2.75) is 19.8 Å². The highest BCUT2D eigenvalue weighted by molar-refractivity contribution is 7.19. The van der Waals surface area contributed by atoms with Crippen LogP contribution in [0.25, 0.3) is 10.1 Å². The number of ether oxygens (including phenoxy) is 2. The number of fused-ring (bicyclic) bond motifs is 1. The summed E-state index contributed by atoms with van der Waals surface area (Å²) >= 11 is 1.10. The van der Waals surface area contributed by atoms with Crippen molar-refractivity contribution < 1.29 is 18.3 Å². The molecule has 11 heteroatoms. The highest BCUT2D eigenvalue weighted by Crippen LogP contribution is 2.43. The van der Waals surface area contributed by atoms with Gasteiger partial charge in [0.1, 0.15) is 0 Å². The molecule has 26 heavy (non-hydrogen) atoms. The lowest BCUT2D eigenvalue weighted by Gasteiger charge is -2.22. The highest BCUT2D eigenvalue weighted by atomic mass is 32.1. The number of hydrazine groups is 2. The van der Waals surface area contributed by atoms with Crippen molar-refractivity contribution >= 4 is 21.4 Å². The van der Waals surface area contributed by atoms with E-state index in [4.69, 9.17) is 21.2 Å². The summed E-state index contributed by atoms with van der Waals surface area (Å²) < 4.78 is 40.4. The van der Waals surface area contributed by atoms with E-state index in [0.29, 0.717) is 0 Å². The van der Waals surface area contributed by atoms with Gasteiger partial charge in [-0.2, -0.15) is 0 Å². The zero-order valence-electron chi connectivity index (χ0n) is 14.2. The monoisotopic (exact) mass is 390 g/mol. The first-order chi connectivity index (χ1) is 12.3. The van der Waals surface area contributed by atoms with Crippen LogP contribution in [0.2, 0.25) is 0 Å². The maximum Gasteiger partial charge on any atom is 0.201 e. The summed E-state index contributed by atoms with van der Waals surface area (Å²) in [7, 11) is 0. The summed E-state index contributed by atoms with van der Waals surface area (Å²) in [6.07, 6.45) is 0.444. The van der Waals surface area contributed by atoms with Crippen LogP contribution in [-0.4, -0.2) is 36.6 Å². The van der Waals surface area contributed by atoms with Crippen LogP contribution in [0.15, 0.2) is 6.07 Å². The van der Waals surface area contributed by atoms with Crippen molar-refractivity contribution in [2.75, 3.05) is 26.3 Å². The van der Waals surface area contributed by atoms with Gasteiger partial charge in [0.15, 0.2) is 11.6 Å². The number of hydroxylamine groups is 2. The Morgan fingerprint density at radius 2 is 1.50 bits per heavy atom. The fourth-order valence-corrected chi connectivity index (χ4v) is 3.25. The number of halogens is 2. The number of thiophene rings is 1. The van der Waals surface area contributed by atoms with E-state index >= 15 is 0 Å². The third-order valence-electron chi connectivity index (χ3n) is 3.43. The third kappa shape index (κ3) is 5.20. The number of benzene rings is 1. The molecule has 0 amide bonds. The van der Waals surface area contributed by atoms with E-state index in [0.717, 1.165) is 16.2 Å². The largest absolute Gasteiger partial charge is 0.772 e. The molecule has 2 aromatic rings. The van der Waals surface area contributed by atoms with Gasteiger partial charge in [0.05, 0.1) is 17.9 Å². The van der Waals surface area contributed by atoms with Gasteiger partial charge in [-0.1, -0.05) is 0 Å². The molecule has 0 aliphatic rings. The van der Waals surface area contributed by atoms with E-state index in [1.54, 1.807) is 6.92 Å². The van der Waals surface area contributed by atoms with Gasteiger partial charge in [0.2, 0.25) is 11.5 Å². The molecule has 0 saturated heterocycles. The molecule has 8 nitrogen and oxygen atoms in total. The summed E-state index contributed by atoms with van der Waals surface area (Å²) in [6, 6.07) is 1.53. The second-order valence-electron chi connectivity index (χ2n) is 5.57. The first-order valence-corrected chi connectivity index (χ1v) is 8.68. The van der Waals surface area contributed by atoms with Crippen molar-refractivity contribution in [1.82, 2.24) is 10.3 Å². The third-order valence-corrected chi connectivity index (χ3v) is 4.48. The Balaban J connectivity index is 2.25. The minimum absolute atomic E-state index is 0.0174. The molecule has 1 aromatic heterocycles. The molecule has 0 radical (unpaired) electrons. The van der Waals surface area contributed by atoms with E-state index in [1.807, 2.05) is 0 Å². The normalized spacial score (nSPS) is 11.7. The Bertz CT molecular complexity index is 683. The van der Waals surface area contributed by atoms with Crippen LogP contribution in [0.4, 0.5) is 8.78 Å². The Labute approximate surface area is 153 Å². The van der Waals surface area contributed by atoms with E-state index < -0.39 is 11.6 Å². The molecule has 1 heterocycles. The van der Waals surface area contributed by atoms with E-state index in [9.17, 15) is 19.2 Å². The topological polar surface area (TPSA) is 123 Å². The molecule has 0 fully saturated rings. The highest BCUT2D eigenvalue weighted by Gasteiger charge is 2.24. The number of nitrogens with zero attached hydrogens (tertiary/aromatic N) is 2. The van der Waals surface area contributed by atoms with Gasteiger partial charge in [0.25, 0.3) is 0 Å². The quantitative estimate of drug-likeness (QED) is 0.360. The molecule has 0 aliphatic heterocycles. The molecular weight excluding hydrogens is 370 g/mol. The lowest BCUT2D eigenvalue weighted by atomic mass is 10.2. The van der Waals surface area contributed by atoms with Crippen LogP contribution < -0.4 is 21.2 Å². The Morgan fingerprint density at radius 1 is 1.00 bits per heavy atom. The minimum Gasteiger partial charge on any atom is -0.772 e. The summed E-state index contributed by atoms with van der Waals surface area (Å²) in [5.74, 6) is 7.73. The molecular formula is C15H20F2N4O4S-2. The summed E-state index contributed by atoms with van der Waals surface area (Å²) in [5, 5.41) is 21.9. The van der Waals surface area contributed by atoms with Gasteiger partial charge in [-0.25, -0.2) is 8.78 Å². The zero-order valence-corrected chi connectivity index (χ0v) is 15.0. The Morgan fingerprint density at radius 3 is 2.00 bits per heavy atom. The zero-order chi connectivity index (χ0) is 19.3. The van der Waals surface area contributed by atoms with Crippen LogP contribution in [0.1, 0.15) is 17.7 Å². The number of aryl methyl sites for hydroxylation is 1. The van der Waals surface area contributed by atoms with Crippen LogP contribution in [0, 0.1) is 29.0 Å². The van der Waals surface area contributed by atoms with Gasteiger partial charge >= 0.3 is 0 Å². The van der Waals surface area contributed by atoms with E-state index in [-0.39, 0.29) is 71.1 Å². The van der Waals surface area contributed by atoms with E-state index in [1.165, 1.54) is 6.07 Å². The number of rotatable bonds is 10. The first-order valence-electron chi connectivity index (χ1n) is 7.86. The molecule has 0 saturated carbocycles. The molecule has 0 spiro atoms. The van der Waals surface area contributed by atoms with E-state index in [2.05, 4.69) is 0 Å².